The number of methoxy groups -OCH3 is 1. The Morgan fingerprint density at radius 3 is 2.95 bits per heavy atom. The molecule has 2 rings (SSSR count). The second-order valence-electron chi connectivity index (χ2n) is 4.94. The monoisotopic (exact) mass is 268 g/mol. The Hall–Kier alpha value is -1.17. The van der Waals surface area contributed by atoms with Crippen molar-refractivity contribution in [2.45, 2.75) is 25.6 Å². The summed E-state index contributed by atoms with van der Waals surface area (Å²) in [6.45, 7) is 4.76. The SMILES string of the molecule is COc1ccc(CN2CC(CN)OCC2C)cc1F. The van der Waals surface area contributed by atoms with Crippen LogP contribution >= 0.6 is 0 Å². The number of hydrogen-bond donors (Lipinski definition) is 1. The molecular formula is C14H21FN2O2. The molecule has 0 bridgehead atoms. The normalized spacial score (nSPS) is 24.4. The van der Waals surface area contributed by atoms with Crippen molar-refractivity contribution in [3.63, 3.8) is 0 Å². The average Bonchev–Trinajstić information content (AvgIpc) is 2.41. The van der Waals surface area contributed by atoms with Crippen molar-refractivity contribution in [1.29, 1.82) is 0 Å². The molecule has 2 unspecified atom stereocenters. The van der Waals surface area contributed by atoms with Crippen molar-refractivity contribution in [1.82, 2.24) is 4.90 Å². The molecule has 0 radical (unpaired) electrons. The van der Waals surface area contributed by atoms with Crippen LogP contribution in [0.5, 0.6) is 5.75 Å². The fourth-order valence-electron chi connectivity index (χ4n) is 2.28. The topological polar surface area (TPSA) is 47.7 Å². The molecule has 0 aromatic heterocycles. The smallest absolute Gasteiger partial charge is 0.165 e. The molecule has 4 nitrogen and oxygen atoms in total. The van der Waals surface area contributed by atoms with Gasteiger partial charge in [0.25, 0.3) is 0 Å². The Balaban J connectivity index is 2.05. The number of ether oxygens (including phenoxy) is 2. The quantitative estimate of drug-likeness (QED) is 0.896. The number of hydrogen-bond acceptors (Lipinski definition) is 4. The van der Waals surface area contributed by atoms with Crippen LogP contribution in [0.3, 0.4) is 0 Å². The zero-order valence-electron chi connectivity index (χ0n) is 11.4. The molecule has 1 aromatic carbocycles. The van der Waals surface area contributed by atoms with Crippen LogP contribution in [-0.4, -0.2) is 43.9 Å². The third-order valence-electron chi connectivity index (χ3n) is 3.50. The first kappa shape index (κ1) is 14.2. The number of morpholine rings is 1. The maximum absolute atomic E-state index is 13.7. The van der Waals surface area contributed by atoms with Crippen molar-refractivity contribution in [2.75, 3.05) is 26.8 Å². The van der Waals surface area contributed by atoms with Crippen molar-refractivity contribution in [3.05, 3.63) is 29.6 Å². The fourth-order valence-corrected chi connectivity index (χ4v) is 2.28. The van der Waals surface area contributed by atoms with E-state index in [-0.39, 0.29) is 17.7 Å². The van der Waals surface area contributed by atoms with E-state index in [1.54, 1.807) is 6.07 Å². The van der Waals surface area contributed by atoms with Gasteiger partial charge in [0.1, 0.15) is 0 Å². The van der Waals surface area contributed by atoms with Gasteiger partial charge in [-0.05, 0) is 24.6 Å². The van der Waals surface area contributed by atoms with Crippen molar-refractivity contribution in [2.24, 2.45) is 5.73 Å². The molecule has 19 heavy (non-hydrogen) atoms. The standard InChI is InChI=1S/C14H21FN2O2/c1-10-9-19-12(6-16)8-17(10)7-11-3-4-14(18-2)13(15)5-11/h3-5,10,12H,6-9,16H2,1-2H3. The highest BCUT2D eigenvalue weighted by Crippen LogP contribution is 2.20. The van der Waals surface area contributed by atoms with Crippen LogP contribution in [0.2, 0.25) is 0 Å². The fraction of sp³-hybridized carbons (Fsp3) is 0.571. The highest BCUT2D eigenvalue weighted by molar-refractivity contribution is 5.29. The second-order valence-corrected chi connectivity index (χ2v) is 4.94. The zero-order chi connectivity index (χ0) is 13.8. The summed E-state index contributed by atoms with van der Waals surface area (Å²) in [5, 5.41) is 0. The number of nitrogens with zero attached hydrogens (tertiary/aromatic N) is 1. The number of nitrogens with two attached hydrogens (primary N) is 1. The van der Waals surface area contributed by atoms with Crippen LogP contribution in [0.4, 0.5) is 4.39 Å². The maximum atomic E-state index is 13.7. The predicted molar refractivity (Wildman–Crippen MR) is 71.6 cm³/mol. The van der Waals surface area contributed by atoms with Gasteiger partial charge in [-0.1, -0.05) is 6.07 Å². The first-order chi connectivity index (χ1) is 9.13. The minimum atomic E-state index is -0.323. The molecular weight excluding hydrogens is 247 g/mol. The molecule has 1 heterocycles. The predicted octanol–water partition coefficient (Wildman–Crippen LogP) is 1.38. The van der Waals surface area contributed by atoms with Crippen LogP contribution in [0, 0.1) is 5.82 Å². The molecule has 1 saturated heterocycles. The zero-order valence-corrected chi connectivity index (χ0v) is 11.4. The van der Waals surface area contributed by atoms with Crippen LogP contribution in [0.1, 0.15) is 12.5 Å². The molecule has 1 aliphatic rings. The Morgan fingerprint density at radius 2 is 2.32 bits per heavy atom. The van der Waals surface area contributed by atoms with Crippen LogP contribution in [0.25, 0.3) is 0 Å². The van der Waals surface area contributed by atoms with Crippen LogP contribution in [0.15, 0.2) is 18.2 Å². The van der Waals surface area contributed by atoms with E-state index in [9.17, 15) is 4.39 Å². The Kier molecular flexibility index (Phi) is 4.74. The molecule has 0 aliphatic carbocycles. The largest absolute Gasteiger partial charge is 0.494 e. The van der Waals surface area contributed by atoms with E-state index in [4.69, 9.17) is 15.2 Å². The molecule has 0 saturated carbocycles. The van der Waals surface area contributed by atoms with Crippen molar-refractivity contribution < 1.29 is 13.9 Å². The van der Waals surface area contributed by atoms with Gasteiger partial charge in [-0.2, -0.15) is 0 Å². The number of rotatable bonds is 4. The Bertz CT molecular complexity index is 428. The third kappa shape index (κ3) is 3.43. The lowest BCUT2D eigenvalue weighted by atomic mass is 10.1. The summed E-state index contributed by atoms with van der Waals surface area (Å²) in [7, 11) is 1.47. The van der Waals surface area contributed by atoms with Gasteiger partial charge in [0, 0.05) is 25.7 Å². The van der Waals surface area contributed by atoms with E-state index in [0.29, 0.717) is 25.7 Å². The van der Waals surface area contributed by atoms with Gasteiger partial charge in [0.15, 0.2) is 11.6 Å². The highest BCUT2D eigenvalue weighted by atomic mass is 19.1. The lowest BCUT2D eigenvalue weighted by Crippen LogP contribution is -2.49. The summed E-state index contributed by atoms with van der Waals surface area (Å²) in [5.41, 5.74) is 6.57. The lowest BCUT2D eigenvalue weighted by Gasteiger charge is -2.37. The maximum Gasteiger partial charge on any atom is 0.165 e. The van der Waals surface area contributed by atoms with Gasteiger partial charge >= 0.3 is 0 Å². The van der Waals surface area contributed by atoms with E-state index < -0.39 is 0 Å². The summed E-state index contributed by atoms with van der Waals surface area (Å²) in [5.74, 6) is -0.0464. The van der Waals surface area contributed by atoms with Gasteiger partial charge in [-0.15, -0.1) is 0 Å². The summed E-state index contributed by atoms with van der Waals surface area (Å²) in [6, 6.07) is 5.39. The first-order valence-electron chi connectivity index (χ1n) is 6.52. The van der Waals surface area contributed by atoms with Gasteiger partial charge in [0.05, 0.1) is 19.8 Å². The third-order valence-corrected chi connectivity index (χ3v) is 3.50. The van der Waals surface area contributed by atoms with E-state index in [0.717, 1.165) is 12.1 Å². The number of benzene rings is 1. The summed E-state index contributed by atoms with van der Waals surface area (Å²) >= 11 is 0. The molecule has 0 spiro atoms. The molecule has 1 fully saturated rings. The van der Waals surface area contributed by atoms with Crippen LogP contribution in [-0.2, 0) is 11.3 Å². The summed E-state index contributed by atoms with van der Waals surface area (Å²) in [4.78, 5) is 2.27. The van der Waals surface area contributed by atoms with Crippen molar-refractivity contribution >= 4 is 0 Å². The van der Waals surface area contributed by atoms with Crippen LogP contribution < -0.4 is 10.5 Å². The molecule has 1 aliphatic heterocycles. The van der Waals surface area contributed by atoms with Gasteiger partial charge in [0.2, 0.25) is 0 Å². The first-order valence-corrected chi connectivity index (χ1v) is 6.52. The molecule has 1 aromatic rings. The summed E-state index contributed by atoms with van der Waals surface area (Å²) < 4.78 is 24.2. The average molecular weight is 268 g/mol. The highest BCUT2D eigenvalue weighted by Gasteiger charge is 2.25. The molecule has 2 atom stereocenters. The minimum Gasteiger partial charge on any atom is -0.494 e. The van der Waals surface area contributed by atoms with Crippen molar-refractivity contribution in [3.8, 4) is 5.75 Å². The second kappa shape index (κ2) is 6.32. The molecule has 0 amide bonds. The molecule has 2 N–H and O–H groups in total. The van der Waals surface area contributed by atoms with E-state index in [2.05, 4.69) is 11.8 Å². The van der Waals surface area contributed by atoms with Gasteiger partial charge < -0.3 is 15.2 Å². The number of halogens is 1. The van der Waals surface area contributed by atoms with Gasteiger partial charge in [-0.25, -0.2) is 4.39 Å². The molecule has 5 heteroatoms. The Labute approximate surface area is 113 Å². The molecule has 106 valence electrons. The summed E-state index contributed by atoms with van der Waals surface area (Å²) in [6.07, 6.45) is 0.0688. The van der Waals surface area contributed by atoms with E-state index in [1.807, 2.05) is 6.07 Å². The minimum absolute atomic E-state index is 0.0688. The van der Waals surface area contributed by atoms with E-state index >= 15 is 0 Å². The Morgan fingerprint density at radius 1 is 1.53 bits per heavy atom. The van der Waals surface area contributed by atoms with Gasteiger partial charge in [-0.3, -0.25) is 4.90 Å². The van der Waals surface area contributed by atoms with E-state index in [1.165, 1.54) is 13.2 Å². The lowest BCUT2D eigenvalue weighted by molar-refractivity contribution is -0.0567.